The van der Waals surface area contributed by atoms with E-state index >= 15 is 0 Å². The van der Waals surface area contributed by atoms with Crippen LogP contribution < -0.4 is 20.5 Å². The summed E-state index contributed by atoms with van der Waals surface area (Å²) in [6, 6.07) is 8.99. The van der Waals surface area contributed by atoms with Crippen molar-refractivity contribution < 1.29 is 19.0 Å². The highest BCUT2D eigenvalue weighted by Crippen LogP contribution is 2.54. The van der Waals surface area contributed by atoms with Crippen LogP contribution in [0.4, 0.5) is 10.6 Å². The Morgan fingerprint density at radius 1 is 1.23 bits per heavy atom. The third-order valence-corrected chi connectivity index (χ3v) is 4.23. The zero-order chi connectivity index (χ0) is 18.5. The van der Waals surface area contributed by atoms with E-state index in [1.54, 1.807) is 18.3 Å². The van der Waals surface area contributed by atoms with Crippen LogP contribution in [0.3, 0.4) is 0 Å². The van der Waals surface area contributed by atoms with Crippen molar-refractivity contribution in [3.05, 3.63) is 42.1 Å². The normalized spacial score (nSPS) is 22.7. The molecule has 136 valence electrons. The molecular weight excluding hydrogens is 334 g/mol. The number of nitrogens with one attached hydrogen (secondary N) is 1. The Hall–Kier alpha value is -2.96. The predicted octanol–water partition coefficient (Wildman–Crippen LogP) is 3.21. The van der Waals surface area contributed by atoms with Crippen molar-refractivity contribution in [1.82, 2.24) is 10.3 Å². The first kappa shape index (κ1) is 16.5. The first-order valence-electron chi connectivity index (χ1n) is 8.50. The number of benzene rings is 1. The van der Waals surface area contributed by atoms with Crippen LogP contribution >= 0.6 is 0 Å². The molecule has 0 saturated heterocycles. The molecule has 1 fully saturated rings. The molecule has 7 heteroatoms. The van der Waals surface area contributed by atoms with E-state index in [9.17, 15) is 4.79 Å². The molecule has 0 unspecified atom stereocenters. The summed E-state index contributed by atoms with van der Waals surface area (Å²) in [5.41, 5.74) is 6.17. The third-order valence-electron chi connectivity index (χ3n) is 4.23. The Bertz CT molecular complexity index is 862. The lowest BCUT2D eigenvalue weighted by molar-refractivity contribution is 0.0514. The molecule has 4 rings (SSSR count). The minimum absolute atomic E-state index is 0.0515. The van der Waals surface area contributed by atoms with E-state index in [0.717, 1.165) is 11.3 Å². The summed E-state index contributed by atoms with van der Waals surface area (Å²) in [7, 11) is 0. The second-order valence-corrected chi connectivity index (χ2v) is 7.50. The quantitative estimate of drug-likeness (QED) is 0.878. The summed E-state index contributed by atoms with van der Waals surface area (Å²) in [4.78, 5) is 15.9. The van der Waals surface area contributed by atoms with E-state index in [2.05, 4.69) is 10.3 Å². The van der Waals surface area contributed by atoms with Gasteiger partial charge in [0.25, 0.3) is 0 Å². The maximum absolute atomic E-state index is 12.0. The van der Waals surface area contributed by atoms with Crippen LogP contribution in [0.5, 0.6) is 17.2 Å². The molecule has 7 nitrogen and oxygen atoms in total. The molecule has 0 bridgehead atoms. The van der Waals surface area contributed by atoms with Crippen molar-refractivity contribution in [2.75, 3.05) is 5.73 Å². The van der Waals surface area contributed by atoms with Crippen molar-refractivity contribution in [3.63, 3.8) is 0 Å². The van der Waals surface area contributed by atoms with E-state index in [0.29, 0.717) is 17.3 Å². The third kappa shape index (κ3) is 3.24. The molecule has 0 spiro atoms. The molecular formula is C19H21N3O4. The number of hydrogen-bond acceptors (Lipinski definition) is 6. The zero-order valence-electron chi connectivity index (χ0n) is 14.9. The van der Waals surface area contributed by atoms with Crippen LogP contribution in [0.25, 0.3) is 0 Å². The van der Waals surface area contributed by atoms with Gasteiger partial charge in [-0.2, -0.15) is 0 Å². The van der Waals surface area contributed by atoms with Gasteiger partial charge in [0.05, 0.1) is 12.0 Å². The minimum atomic E-state index is -0.528. The van der Waals surface area contributed by atoms with Crippen molar-refractivity contribution in [2.45, 2.75) is 44.4 Å². The molecule has 3 N–H and O–H groups in total. The summed E-state index contributed by atoms with van der Waals surface area (Å²) in [6.07, 6.45) is 1.12. The van der Waals surface area contributed by atoms with Crippen molar-refractivity contribution in [3.8, 4) is 17.2 Å². The Balaban J connectivity index is 1.45. The molecule has 3 atom stereocenters. The number of nitrogens with two attached hydrogens (primary N) is 1. The van der Waals surface area contributed by atoms with Gasteiger partial charge in [-0.05, 0) is 45.0 Å². The number of anilines is 1. The van der Waals surface area contributed by atoms with Gasteiger partial charge in [-0.15, -0.1) is 0 Å². The first-order chi connectivity index (χ1) is 12.3. The van der Waals surface area contributed by atoms with Gasteiger partial charge in [-0.1, -0.05) is 0 Å². The van der Waals surface area contributed by atoms with Gasteiger partial charge >= 0.3 is 6.09 Å². The molecule has 1 aromatic carbocycles. The summed E-state index contributed by atoms with van der Waals surface area (Å²) in [5, 5.41) is 2.88. The molecule has 1 aromatic heterocycles. The Morgan fingerprint density at radius 2 is 2.00 bits per heavy atom. The van der Waals surface area contributed by atoms with Gasteiger partial charge in [0.2, 0.25) is 0 Å². The van der Waals surface area contributed by atoms with Gasteiger partial charge in [-0.3, -0.25) is 0 Å². The lowest BCUT2D eigenvalue weighted by atomic mass is 10.1. The molecule has 2 heterocycles. The number of fused-ring (bicyclic) bond motifs is 3. The number of ether oxygens (including phenoxy) is 3. The molecule has 1 aliphatic heterocycles. The molecule has 1 saturated carbocycles. The summed E-state index contributed by atoms with van der Waals surface area (Å²) in [5.74, 6) is 2.64. The minimum Gasteiger partial charge on any atom is -0.487 e. The second-order valence-electron chi connectivity index (χ2n) is 7.50. The number of alkyl carbamates (subject to hydrolysis) is 1. The van der Waals surface area contributed by atoms with E-state index in [1.165, 1.54) is 0 Å². The standard InChI is InChI=1S/C19H21N3O4/c1-19(2,3)26-18(23)22-16-15-12-8-10(4-5-13(12)25-17(15)16)24-11-6-7-21-14(20)9-11/h4-9,15-17H,1-3H3,(H2,20,21)(H,22,23)/t15-,16-,17-/m0/s1. The van der Waals surface area contributed by atoms with Gasteiger partial charge < -0.3 is 25.3 Å². The highest BCUT2D eigenvalue weighted by Gasteiger charge is 2.60. The van der Waals surface area contributed by atoms with E-state index in [-0.39, 0.29) is 18.1 Å². The molecule has 2 aliphatic rings. The highest BCUT2D eigenvalue weighted by molar-refractivity contribution is 5.70. The van der Waals surface area contributed by atoms with Crippen molar-refractivity contribution in [1.29, 1.82) is 0 Å². The fourth-order valence-corrected chi connectivity index (χ4v) is 3.15. The number of pyridine rings is 1. The van der Waals surface area contributed by atoms with Crippen LogP contribution in [-0.2, 0) is 4.74 Å². The van der Waals surface area contributed by atoms with E-state index in [1.807, 2.05) is 39.0 Å². The van der Waals surface area contributed by atoms with Crippen LogP contribution in [-0.4, -0.2) is 28.8 Å². The number of rotatable bonds is 3. The summed E-state index contributed by atoms with van der Waals surface area (Å²) < 4.78 is 17.0. The smallest absolute Gasteiger partial charge is 0.408 e. The van der Waals surface area contributed by atoms with E-state index in [4.69, 9.17) is 19.9 Å². The van der Waals surface area contributed by atoms with Crippen molar-refractivity contribution in [2.24, 2.45) is 0 Å². The number of carbonyl (C=O) groups excluding carboxylic acids is 1. The Labute approximate surface area is 151 Å². The van der Waals surface area contributed by atoms with Gasteiger partial charge in [0, 0.05) is 17.8 Å². The lowest BCUT2D eigenvalue weighted by Crippen LogP contribution is -2.36. The molecule has 1 amide bonds. The summed E-state index contributed by atoms with van der Waals surface area (Å²) >= 11 is 0. The molecule has 26 heavy (non-hydrogen) atoms. The number of carbonyl (C=O) groups is 1. The maximum atomic E-state index is 12.0. The molecule has 0 radical (unpaired) electrons. The lowest BCUT2D eigenvalue weighted by Gasteiger charge is -2.20. The number of nitrogen functional groups attached to an aromatic ring is 1. The van der Waals surface area contributed by atoms with Crippen LogP contribution in [0.15, 0.2) is 36.5 Å². The number of amides is 1. The highest BCUT2D eigenvalue weighted by atomic mass is 16.6. The van der Waals surface area contributed by atoms with Crippen LogP contribution in [0.2, 0.25) is 0 Å². The number of nitrogens with zero attached hydrogens (tertiary/aromatic N) is 1. The van der Waals surface area contributed by atoms with Gasteiger partial charge in [0.1, 0.15) is 34.8 Å². The van der Waals surface area contributed by atoms with E-state index < -0.39 is 11.7 Å². The molecule has 2 aromatic rings. The fraction of sp³-hybridized carbons (Fsp3) is 0.368. The molecule has 1 aliphatic carbocycles. The largest absolute Gasteiger partial charge is 0.487 e. The fourth-order valence-electron chi connectivity index (χ4n) is 3.15. The van der Waals surface area contributed by atoms with Crippen LogP contribution in [0, 0.1) is 0 Å². The number of aromatic nitrogens is 1. The average molecular weight is 355 g/mol. The monoisotopic (exact) mass is 355 g/mol. The Kier molecular flexibility index (Phi) is 3.68. The predicted molar refractivity (Wildman–Crippen MR) is 95.5 cm³/mol. The maximum Gasteiger partial charge on any atom is 0.408 e. The average Bonchev–Trinajstić information content (AvgIpc) is 3.04. The SMILES string of the molecule is CC(C)(C)OC(=O)N[C@@H]1[C@H]2Oc3ccc(Oc4ccnc(N)c4)cc3[C@@H]12. The number of hydrogen-bond donors (Lipinski definition) is 2. The first-order valence-corrected chi connectivity index (χ1v) is 8.50. The summed E-state index contributed by atoms with van der Waals surface area (Å²) in [6.45, 7) is 5.50. The van der Waals surface area contributed by atoms with Gasteiger partial charge in [0.15, 0.2) is 0 Å². The Morgan fingerprint density at radius 3 is 2.73 bits per heavy atom. The topological polar surface area (TPSA) is 95.7 Å². The zero-order valence-corrected chi connectivity index (χ0v) is 14.9. The van der Waals surface area contributed by atoms with Crippen molar-refractivity contribution >= 4 is 11.9 Å². The van der Waals surface area contributed by atoms with Gasteiger partial charge in [-0.25, -0.2) is 9.78 Å². The van der Waals surface area contributed by atoms with Crippen LogP contribution in [0.1, 0.15) is 32.3 Å². The second kappa shape index (κ2) is 5.79.